The maximum absolute atomic E-state index is 13.3. The maximum Gasteiger partial charge on any atom is 0.255 e. The Morgan fingerprint density at radius 2 is 1.92 bits per heavy atom. The van der Waals surface area contributed by atoms with Crippen LogP contribution in [0, 0.1) is 0 Å². The molecule has 3 aromatic rings. The Morgan fingerprint density at radius 3 is 2.69 bits per heavy atom. The van der Waals surface area contributed by atoms with Crippen molar-refractivity contribution in [2.24, 2.45) is 5.10 Å². The summed E-state index contributed by atoms with van der Waals surface area (Å²) < 4.78 is 5.83. The van der Waals surface area contributed by atoms with Crippen molar-refractivity contribution in [1.29, 1.82) is 0 Å². The third kappa shape index (κ3) is 6.12. The van der Waals surface area contributed by atoms with Crippen molar-refractivity contribution in [1.82, 2.24) is 25.1 Å². The molecule has 39 heavy (non-hydrogen) atoms. The maximum atomic E-state index is 13.3. The van der Waals surface area contributed by atoms with Gasteiger partial charge in [0, 0.05) is 63.2 Å². The number of nitrogens with two attached hydrogens (primary N) is 1. The van der Waals surface area contributed by atoms with Crippen molar-refractivity contribution in [3.63, 3.8) is 0 Å². The van der Waals surface area contributed by atoms with Gasteiger partial charge in [-0.05, 0) is 67.2 Å². The van der Waals surface area contributed by atoms with E-state index < -0.39 is 0 Å². The van der Waals surface area contributed by atoms with Crippen molar-refractivity contribution >= 4 is 34.6 Å². The third-order valence-electron chi connectivity index (χ3n) is 7.19. The zero-order chi connectivity index (χ0) is 27.5. The number of hydrogen-bond donors (Lipinski definition) is 2. The lowest BCUT2D eigenvalue weighted by molar-refractivity contribution is 0.0783. The van der Waals surface area contributed by atoms with Gasteiger partial charge in [0.15, 0.2) is 0 Å². The molecule has 2 amide bonds. The number of nitrogens with zero attached hydrogens (tertiary/aromatic N) is 5. The molecule has 10 heteroatoms. The molecular weight excluding hydrogens is 494 g/mol. The van der Waals surface area contributed by atoms with E-state index in [1.54, 1.807) is 17.2 Å². The number of nitrogens with one attached hydrogen (secondary N) is 1. The number of hydrazone groups is 1. The molecule has 3 N–H and O–H groups in total. The number of pyridine rings is 1. The first kappa shape index (κ1) is 26.4. The molecule has 2 aromatic carbocycles. The number of benzene rings is 2. The molecular formula is C29H35N7O3. The smallest absolute Gasteiger partial charge is 0.255 e. The van der Waals surface area contributed by atoms with Crippen molar-refractivity contribution in [3.05, 3.63) is 65.4 Å². The van der Waals surface area contributed by atoms with Crippen molar-refractivity contribution in [2.75, 3.05) is 59.7 Å². The second kappa shape index (κ2) is 11.3. The second-order valence-corrected chi connectivity index (χ2v) is 10.5. The van der Waals surface area contributed by atoms with Crippen LogP contribution in [0.25, 0.3) is 10.8 Å². The highest BCUT2D eigenvalue weighted by molar-refractivity contribution is 6.00. The number of hydrogen-bond acceptors (Lipinski definition) is 8. The van der Waals surface area contributed by atoms with Crippen molar-refractivity contribution in [3.8, 4) is 5.75 Å². The Hall–Kier alpha value is -4.18. The number of ether oxygens (including phenoxy) is 1. The number of carbonyl (C=O) groups is 2. The minimum absolute atomic E-state index is 0.0484. The summed E-state index contributed by atoms with van der Waals surface area (Å²) in [4.78, 5) is 34.5. The number of likely N-dealkylation sites (N-methyl/N-ethyl adjacent to an activating group) is 2. The third-order valence-corrected chi connectivity index (χ3v) is 7.19. The predicted octanol–water partition coefficient (Wildman–Crippen LogP) is 2.42. The first-order valence-electron chi connectivity index (χ1n) is 13.2. The van der Waals surface area contributed by atoms with Crippen LogP contribution in [-0.4, -0.2) is 97.8 Å². The van der Waals surface area contributed by atoms with Gasteiger partial charge in [-0.2, -0.15) is 5.10 Å². The van der Waals surface area contributed by atoms with Crippen LogP contribution in [0.15, 0.2) is 53.8 Å². The monoisotopic (exact) mass is 529 g/mol. The van der Waals surface area contributed by atoms with E-state index in [-0.39, 0.29) is 29.6 Å². The number of amides is 2. The van der Waals surface area contributed by atoms with E-state index in [0.29, 0.717) is 37.2 Å². The Kier molecular flexibility index (Phi) is 7.65. The van der Waals surface area contributed by atoms with Gasteiger partial charge in [0.05, 0.1) is 5.56 Å². The summed E-state index contributed by atoms with van der Waals surface area (Å²) in [6.45, 7) is 3.19. The Morgan fingerprint density at radius 1 is 1.13 bits per heavy atom. The highest BCUT2D eigenvalue weighted by atomic mass is 16.5. The average Bonchev–Trinajstić information content (AvgIpc) is 3.57. The second-order valence-electron chi connectivity index (χ2n) is 10.5. The number of carbonyl (C=O) groups excluding carboxylic acids is 2. The molecule has 2 aliphatic rings. The number of fused-ring (bicyclic) bond motifs is 1. The van der Waals surface area contributed by atoms with Crippen molar-refractivity contribution in [2.45, 2.75) is 18.4 Å². The minimum Gasteiger partial charge on any atom is -0.492 e. The van der Waals surface area contributed by atoms with E-state index >= 15 is 0 Å². The topological polar surface area (TPSA) is 116 Å². The van der Waals surface area contributed by atoms with Crippen LogP contribution in [-0.2, 0) is 0 Å². The average molecular weight is 530 g/mol. The molecule has 0 aliphatic carbocycles. The minimum atomic E-state index is -0.279. The van der Waals surface area contributed by atoms with Crippen LogP contribution < -0.4 is 15.8 Å². The Bertz CT molecular complexity index is 1410. The summed E-state index contributed by atoms with van der Waals surface area (Å²) in [5, 5.41) is 11.2. The number of aromatic nitrogens is 1. The van der Waals surface area contributed by atoms with Crippen LogP contribution >= 0.6 is 0 Å². The summed E-state index contributed by atoms with van der Waals surface area (Å²) in [6, 6.07) is 13.2. The number of likely N-dealkylation sites (tertiary alicyclic amines) is 1. The normalized spacial score (nSPS) is 18.8. The predicted molar refractivity (Wildman–Crippen MR) is 152 cm³/mol. The largest absolute Gasteiger partial charge is 0.492 e. The number of anilines is 1. The van der Waals surface area contributed by atoms with E-state index in [2.05, 4.69) is 20.3 Å². The van der Waals surface area contributed by atoms with Gasteiger partial charge in [0.25, 0.3) is 11.8 Å². The van der Waals surface area contributed by atoms with E-state index in [4.69, 9.17) is 10.5 Å². The molecule has 0 saturated carbocycles. The molecule has 1 fully saturated rings. The molecule has 2 atom stereocenters. The fraction of sp³-hybridized carbons (Fsp3) is 0.379. The lowest BCUT2D eigenvalue weighted by Gasteiger charge is -2.18. The highest BCUT2D eigenvalue weighted by Crippen LogP contribution is 2.25. The number of nitrogen functional groups attached to an aromatic ring is 1. The molecule has 1 unspecified atom stereocenters. The van der Waals surface area contributed by atoms with Crippen LogP contribution in [0.2, 0.25) is 0 Å². The molecule has 1 saturated heterocycles. The lowest BCUT2D eigenvalue weighted by atomic mass is 10.0. The summed E-state index contributed by atoms with van der Waals surface area (Å²) in [7, 11) is 5.92. The van der Waals surface area contributed by atoms with E-state index in [9.17, 15) is 9.59 Å². The zero-order valence-electron chi connectivity index (χ0n) is 22.6. The number of rotatable bonds is 8. The Labute approximate surface area is 228 Å². The first-order valence-corrected chi connectivity index (χ1v) is 13.2. The molecule has 2 aliphatic heterocycles. The Balaban J connectivity index is 1.20. The van der Waals surface area contributed by atoms with Gasteiger partial charge in [-0.15, -0.1) is 0 Å². The molecule has 0 bridgehead atoms. The first-order chi connectivity index (χ1) is 18.8. The van der Waals surface area contributed by atoms with E-state index in [1.165, 1.54) is 0 Å². The van der Waals surface area contributed by atoms with E-state index in [0.717, 1.165) is 35.2 Å². The molecule has 5 rings (SSSR count). The lowest BCUT2D eigenvalue weighted by Crippen LogP contribution is -2.38. The van der Waals surface area contributed by atoms with Crippen molar-refractivity contribution < 1.29 is 14.3 Å². The zero-order valence-corrected chi connectivity index (χ0v) is 22.6. The summed E-state index contributed by atoms with van der Waals surface area (Å²) >= 11 is 0. The summed E-state index contributed by atoms with van der Waals surface area (Å²) in [5.41, 5.74) is 7.91. The molecule has 204 valence electrons. The van der Waals surface area contributed by atoms with Crippen LogP contribution in [0.3, 0.4) is 0 Å². The van der Waals surface area contributed by atoms with Gasteiger partial charge in [-0.25, -0.2) is 4.98 Å². The van der Waals surface area contributed by atoms with Gasteiger partial charge in [0.1, 0.15) is 18.2 Å². The van der Waals surface area contributed by atoms with Gasteiger partial charge < -0.3 is 25.6 Å². The van der Waals surface area contributed by atoms with Gasteiger partial charge in [0.2, 0.25) is 0 Å². The fourth-order valence-corrected chi connectivity index (χ4v) is 4.94. The van der Waals surface area contributed by atoms with Gasteiger partial charge >= 0.3 is 0 Å². The standard InChI is InChI=1S/C29H35N7O3/c1-34(2)10-11-39-25-7-6-19-12-21(5-4-20(19)13-25)29(38)36-9-8-24(18-36)33-28(37)26-14-22(15-31-27(26)30)23-16-32-35(3)17-23/h4-7,12-16,23-24H,8-11,17-18H2,1-3H3,(H2,30,31)(H,33,37)/t23?,24-/m1/s1. The quantitative estimate of drug-likeness (QED) is 0.460. The van der Waals surface area contributed by atoms with Crippen LogP contribution in [0.4, 0.5) is 5.82 Å². The van der Waals surface area contributed by atoms with Crippen LogP contribution in [0.5, 0.6) is 5.75 Å². The summed E-state index contributed by atoms with van der Waals surface area (Å²) in [6.07, 6.45) is 4.22. The molecule has 0 radical (unpaired) electrons. The molecule has 10 nitrogen and oxygen atoms in total. The van der Waals surface area contributed by atoms with Crippen LogP contribution in [0.1, 0.15) is 38.6 Å². The highest BCUT2D eigenvalue weighted by Gasteiger charge is 2.29. The fourth-order valence-electron chi connectivity index (χ4n) is 4.94. The van der Waals surface area contributed by atoms with Gasteiger partial charge in [-0.1, -0.05) is 12.1 Å². The van der Waals surface area contributed by atoms with E-state index in [1.807, 2.05) is 68.8 Å². The van der Waals surface area contributed by atoms with Gasteiger partial charge in [-0.3, -0.25) is 14.6 Å². The molecule has 1 aromatic heterocycles. The molecule has 0 spiro atoms. The molecule has 3 heterocycles. The summed E-state index contributed by atoms with van der Waals surface area (Å²) in [5.74, 6) is 0.740. The SMILES string of the molecule is CN(C)CCOc1ccc2cc(C(=O)N3CC[C@@H](NC(=O)c4cc(C5C=NN(C)C5)cnc4N)C3)ccc2c1.